The number of amides is 1. The average molecular weight is 361 g/mol. The molecule has 3 rings (SSSR count). The summed E-state index contributed by atoms with van der Waals surface area (Å²) in [4.78, 5) is 11.8. The fraction of sp³-hybridized carbons (Fsp3) is 0.444. The number of benzene rings is 1. The van der Waals surface area contributed by atoms with Gasteiger partial charge in [0.05, 0.1) is 20.1 Å². The van der Waals surface area contributed by atoms with Crippen LogP contribution in [0, 0.1) is 11.8 Å². The zero-order valence-electron chi connectivity index (χ0n) is 14.2. The fourth-order valence-corrected chi connectivity index (χ4v) is 3.48. The van der Waals surface area contributed by atoms with Crippen molar-refractivity contribution in [2.45, 2.75) is 25.3 Å². The number of rotatable bonds is 6. The van der Waals surface area contributed by atoms with Crippen molar-refractivity contribution in [3.8, 4) is 11.5 Å². The normalized spacial score (nSPS) is 23.2. The van der Waals surface area contributed by atoms with Gasteiger partial charge in [0, 0.05) is 6.04 Å². The molecule has 2 bridgehead atoms. The van der Waals surface area contributed by atoms with Gasteiger partial charge in [-0.05, 0) is 61.2 Å². The van der Waals surface area contributed by atoms with E-state index in [1.165, 1.54) is 6.42 Å². The standard InChI is InChI=1S/C18H23N3O3S/c1-23-14-4-6-15(7-5-14)24-9-8-17(22)20-21-18(25)19-16-11-12-2-3-13(16)10-12/h2-7,12-13,16H,8-11H2,1H3,(H,20,22)(H2,19,21,25)/t12-,13+,16-/m1/s1. The Kier molecular flexibility index (Phi) is 5.75. The topological polar surface area (TPSA) is 71.6 Å². The highest BCUT2D eigenvalue weighted by atomic mass is 32.1. The number of hydrogen-bond acceptors (Lipinski definition) is 4. The number of carbonyl (C=O) groups excluding carboxylic acids is 1. The minimum atomic E-state index is -0.175. The molecule has 2 aliphatic carbocycles. The summed E-state index contributed by atoms with van der Waals surface area (Å²) in [5.74, 6) is 2.52. The van der Waals surface area contributed by atoms with Crippen LogP contribution >= 0.6 is 12.2 Å². The Bertz CT molecular complexity index is 647. The van der Waals surface area contributed by atoms with Crippen LogP contribution in [0.5, 0.6) is 11.5 Å². The summed E-state index contributed by atoms with van der Waals surface area (Å²) in [6.07, 6.45) is 7.08. The van der Waals surface area contributed by atoms with Gasteiger partial charge in [-0.15, -0.1) is 0 Å². The predicted molar refractivity (Wildman–Crippen MR) is 99.3 cm³/mol. The molecular formula is C18H23N3O3S. The van der Waals surface area contributed by atoms with Crippen LogP contribution in [0.1, 0.15) is 19.3 Å². The molecule has 3 atom stereocenters. The molecule has 0 heterocycles. The van der Waals surface area contributed by atoms with Crippen LogP contribution in [0.25, 0.3) is 0 Å². The van der Waals surface area contributed by atoms with Gasteiger partial charge in [0.25, 0.3) is 0 Å². The largest absolute Gasteiger partial charge is 0.497 e. The maximum absolute atomic E-state index is 11.8. The highest BCUT2D eigenvalue weighted by Crippen LogP contribution is 2.38. The number of fused-ring (bicyclic) bond motifs is 2. The Hall–Kier alpha value is -2.28. The molecule has 0 unspecified atom stereocenters. The number of allylic oxidation sites excluding steroid dienone is 1. The van der Waals surface area contributed by atoms with Crippen molar-refractivity contribution in [3.63, 3.8) is 0 Å². The van der Waals surface area contributed by atoms with Crippen LogP contribution in [0.4, 0.5) is 0 Å². The number of ether oxygens (including phenoxy) is 2. The molecule has 7 heteroatoms. The lowest BCUT2D eigenvalue weighted by atomic mass is 10.0. The molecule has 6 nitrogen and oxygen atoms in total. The van der Waals surface area contributed by atoms with Crippen molar-refractivity contribution >= 4 is 23.2 Å². The molecular weight excluding hydrogens is 338 g/mol. The first kappa shape index (κ1) is 17.5. The van der Waals surface area contributed by atoms with Crippen molar-refractivity contribution in [2.24, 2.45) is 11.8 Å². The highest BCUT2D eigenvalue weighted by Gasteiger charge is 2.35. The molecule has 1 amide bonds. The number of carbonyl (C=O) groups is 1. The van der Waals surface area contributed by atoms with Gasteiger partial charge in [0.15, 0.2) is 5.11 Å². The Morgan fingerprint density at radius 1 is 1.16 bits per heavy atom. The zero-order valence-corrected chi connectivity index (χ0v) is 15.0. The van der Waals surface area contributed by atoms with Crippen molar-refractivity contribution in [1.82, 2.24) is 16.2 Å². The van der Waals surface area contributed by atoms with E-state index in [1.54, 1.807) is 19.2 Å². The molecule has 0 saturated heterocycles. The third kappa shape index (κ3) is 4.85. The fourth-order valence-electron chi connectivity index (χ4n) is 3.27. The van der Waals surface area contributed by atoms with Gasteiger partial charge in [-0.2, -0.15) is 0 Å². The molecule has 0 aliphatic heterocycles. The second kappa shape index (κ2) is 8.20. The van der Waals surface area contributed by atoms with E-state index in [4.69, 9.17) is 21.7 Å². The van der Waals surface area contributed by atoms with Gasteiger partial charge in [0.1, 0.15) is 11.5 Å². The van der Waals surface area contributed by atoms with Gasteiger partial charge >= 0.3 is 0 Å². The van der Waals surface area contributed by atoms with Crippen LogP contribution in [-0.4, -0.2) is 30.8 Å². The van der Waals surface area contributed by atoms with E-state index in [-0.39, 0.29) is 18.9 Å². The van der Waals surface area contributed by atoms with Crippen LogP contribution in [0.3, 0.4) is 0 Å². The van der Waals surface area contributed by atoms with E-state index >= 15 is 0 Å². The molecule has 1 aromatic rings. The molecule has 1 saturated carbocycles. The quantitative estimate of drug-likeness (QED) is 0.409. The molecule has 3 N–H and O–H groups in total. The van der Waals surface area contributed by atoms with Crippen molar-refractivity contribution < 1.29 is 14.3 Å². The summed E-state index contributed by atoms with van der Waals surface area (Å²) in [7, 11) is 1.61. The number of methoxy groups -OCH3 is 1. The molecule has 0 spiro atoms. The lowest BCUT2D eigenvalue weighted by Crippen LogP contribution is -2.50. The van der Waals surface area contributed by atoms with Gasteiger partial charge in [-0.3, -0.25) is 15.6 Å². The average Bonchev–Trinajstić information content (AvgIpc) is 3.23. The minimum absolute atomic E-state index is 0.175. The van der Waals surface area contributed by atoms with E-state index in [0.717, 1.165) is 12.2 Å². The van der Waals surface area contributed by atoms with E-state index in [9.17, 15) is 4.79 Å². The third-order valence-electron chi connectivity index (χ3n) is 4.57. The lowest BCUT2D eigenvalue weighted by molar-refractivity contribution is -0.122. The Labute approximate surface area is 152 Å². The smallest absolute Gasteiger partial charge is 0.241 e. The Balaban J connectivity index is 1.29. The lowest BCUT2D eigenvalue weighted by Gasteiger charge is -2.22. The summed E-state index contributed by atoms with van der Waals surface area (Å²) < 4.78 is 10.6. The summed E-state index contributed by atoms with van der Waals surface area (Å²) in [5.41, 5.74) is 5.35. The van der Waals surface area contributed by atoms with Crippen LogP contribution < -0.4 is 25.6 Å². The van der Waals surface area contributed by atoms with Crippen molar-refractivity contribution in [2.75, 3.05) is 13.7 Å². The van der Waals surface area contributed by atoms with Gasteiger partial charge in [-0.1, -0.05) is 12.2 Å². The summed E-state index contributed by atoms with van der Waals surface area (Å²) >= 11 is 5.23. The minimum Gasteiger partial charge on any atom is -0.497 e. The number of nitrogens with one attached hydrogen (secondary N) is 3. The van der Waals surface area contributed by atoms with Crippen molar-refractivity contribution in [1.29, 1.82) is 0 Å². The Morgan fingerprint density at radius 2 is 1.92 bits per heavy atom. The first-order chi connectivity index (χ1) is 12.1. The predicted octanol–water partition coefficient (Wildman–Crippen LogP) is 1.92. The molecule has 134 valence electrons. The van der Waals surface area contributed by atoms with Crippen LogP contribution in [-0.2, 0) is 4.79 Å². The summed E-state index contributed by atoms with van der Waals surface area (Å²) in [6.45, 7) is 0.289. The summed E-state index contributed by atoms with van der Waals surface area (Å²) in [6, 6.07) is 7.60. The number of hydrogen-bond donors (Lipinski definition) is 3. The first-order valence-electron chi connectivity index (χ1n) is 8.44. The maximum Gasteiger partial charge on any atom is 0.241 e. The van der Waals surface area contributed by atoms with Gasteiger partial charge < -0.3 is 14.8 Å². The molecule has 25 heavy (non-hydrogen) atoms. The zero-order chi connectivity index (χ0) is 17.6. The monoisotopic (exact) mass is 361 g/mol. The second-order valence-corrected chi connectivity index (χ2v) is 6.72. The molecule has 0 radical (unpaired) electrons. The van der Waals surface area contributed by atoms with Crippen LogP contribution in [0.15, 0.2) is 36.4 Å². The van der Waals surface area contributed by atoms with E-state index < -0.39 is 0 Å². The molecule has 1 aromatic carbocycles. The van der Waals surface area contributed by atoms with Crippen molar-refractivity contribution in [3.05, 3.63) is 36.4 Å². The highest BCUT2D eigenvalue weighted by molar-refractivity contribution is 7.80. The number of thiocarbonyl (C=S) groups is 1. The first-order valence-corrected chi connectivity index (χ1v) is 8.85. The maximum atomic E-state index is 11.8. The van der Waals surface area contributed by atoms with E-state index in [1.807, 2.05) is 12.1 Å². The second-order valence-electron chi connectivity index (χ2n) is 6.31. The molecule has 1 fully saturated rings. The number of hydrazine groups is 1. The van der Waals surface area contributed by atoms with Crippen LogP contribution in [0.2, 0.25) is 0 Å². The molecule has 0 aromatic heterocycles. The SMILES string of the molecule is COc1ccc(OCCC(=O)NNC(=S)N[C@@H]2C[C@@H]3C=C[C@H]2C3)cc1. The van der Waals surface area contributed by atoms with Gasteiger partial charge in [0.2, 0.25) is 5.91 Å². The Morgan fingerprint density at radius 3 is 2.56 bits per heavy atom. The van der Waals surface area contributed by atoms with E-state index in [2.05, 4.69) is 28.3 Å². The summed E-state index contributed by atoms with van der Waals surface area (Å²) in [5, 5.41) is 3.72. The van der Waals surface area contributed by atoms with E-state index in [0.29, 0.717) is 28.7 Å². The third-order valence-corrected chi connectivity index (χ3v) is 4.79. The molecule has 2 aliphatic rings. The van der Waals surface area contributed by atoms with Gasteiger partial charge in [-0.25, -0.2) is 0 Å².